The fourth-order valence-electron chi connectivity index (χ4n) is 2.15. The molecule has 0 atom stereocenters. The molecule has 1 heterocycles. The van der Waals surface area contributed by atoms with Crippen LogP contribution in [0.1, 0.15) is 22.8 Å². The molecule has 3 rings (SSSR count). The van der Waals surface area contributed by atoms with E-state index in [0.717, 1.165) is 28.5 Å². The van der Waals surface area contributed by atoms with Crippen molar-refractivity contribution in [3.63, 3.8) is 0 Å². The summed E-state index contributed by atoms with van der Waals surface area (Å²) < 4.78 is 7.47. The lowest BCUT2D eigenvalue weighted by molar-refractivity contribution is 0.306. The highest BCUT2D eigenvalue weighted by atomic mass is 16.5. The van der Waals surface area contributed by atoms with Gasteiger partial charge >= 0.3 is 0 Å². The van der Waals surface area contributed by atoms with Gasteiger partial charge in [-0.3, -0.25) is 0 Å². The average molecular weight is 306 g/mol. The van der Waals surface area contributed by atoms with E-state index >= 15 is 0 Å². The number of aromatic nitrogens is 3. The standard InChI is InChI=1S/C18H18N4O/c1-14-20-21-15(2)22(14)19-12-16-8-10-18(11-9-16)23-13-17-6-4-3-5-7-17/h3-12H,13H2,1-2H3. The van der Waals surface area contributed by atoms with E-state index in [1.807, 2.05) is 68.4 Å². The third kappa shape index (κ3) is 3.83. The normalized spacial score (nSPS) is 11.0. The van der Waals surface area contributed by atoms with E-state index in [1.54, 1.807) is 10.9 Å². The minimum Gasteiger partial charge on any atom is -0.489 e. The smallest absolute Gasteiger partial charge is 0.151 e. The Morgan fingerprint density at radius 1 is 0.957 bits per heavy atom. The maximum Gasteiger partial charge on any atom is 0.151 e. The van der Waals surface area contributed by atoms with Crippen LogP contribution in [0.3, 0.4) is 0 Å². The predicted octanol–water partition coefficient (Wildman–Crippen LogP) is 3.36. The molecule has 5 nitrogen and oxygen atoms in total. The Labute approximate surface area is 135 Å². The van der Waals surface area contributed by atoms with Crippen LogP contribution in [0.5, 0.6) is 5.75 Å². The van der Waals surface area contributed by atoms with Crippen LogP contribution < -0.4 is 4.74 Å². The van der Waals surface area contributed by atoms with Crippen molar-refractivity contribution in [2.45, 2.75) is 20.5 Å². The Morgan fingerprint density at radius 3 is 2.26 bits per heavy atom. The highest BCUT2D eigenvalue weighted by Gasteiger charge is 2.01. The number of hydrogen-bond donors (Lipinski definition) is 0. The summed E-state index contributed by atoms with van der Waals surface area (Å²) in [5.74, 6) is 2.37. The van der Waals surface area contributed by atoms with E-state index in [0.29, 0.717) is 6.61 Å². The zero-order chi connectivity index (χ0) is 16.1. The van der Waals surface area contributed by atoms with Gasteiger partial charge in [0.1, 0.15) is 12.4 Å². The maximum absolute atomic E-state index is 5.77. The monoisotopic (exact) mass is 306 g/mol. The molecule has 0 radical (unpaired) electrons. The predicted molar refractivity (Wildman–Crippen MR) is 89.7 cm³/mol. The SMILES string of the molecule is Cc1nnc(C)n1N=Cc1ccc(OCc2ccccc2)cc1. The van der Waals surface area contributed by atoms with Gasteiger partial charge in [0.2, 0.25) is 0 Å². The fourth-order valence-corrected chi connectivity index (χ4v) is 2.15. The molecular weight excluding hydrogens is 288 g/mol. The minimum absolute atomic E-state index is 0.563. The number of hydrogen-bond acceptors (Lipinski definition) is 4. The number of benzene rings is 2. The van der Waals surface area contributed by atoms with Gasteiger partial charge in [-0.15, -0.1) is 10.2 Å². The number of aryl methyl sites for hydroxylation is 2. The van der Waals surface area contributed by atoms with E-state index in [4.69, 9.17) is 4.74 Å². The van der Waals surface area contributed by atoms with Crippen molar-refractivity contribution in [1.29, 1.82) is 0 Å². The third-order valence-corrected chi connectivity index (χ3v) is 3.40. The molecule has 1 aromatic heterocycles. The van der Waals surface area contributed by atoms with Crippen LogP contribution in [-0.4, -0.2) is 21.1 Å². The lowest BCUT2D eigenvalue weighted by atomic mass is 10.2. The molecule has 0 saturated carbocycles. The van der Waals surface area contributed by atoms with Crippen LogP contribution in [0.25, 0.3) is 0 Å². The molecule has 3 aromatic rings. The molecule has 0 amide bonds. The third-order valence-electron chi connectivity index (χ3n) is 3.40. The summed E-state index contributed by atoms with van der Waals surface area (Å²) in [7, 11) is 0. The van der Waals surface area contributed by atoms with Crippen molar-refractivity contribution in [2.24, 2.45) is 5.10 Å². The number of rotatable bonds is 5. The van der Waals surface area contributed by atoms with Crippen LogP contribution in [0.4, 0.5) is 0 Å². The summed E-state index contributed by atoms with van der Waals surface area (Å²) in [6, 6.07) is 17.9. The van der Waals surface area contributed by atoms with E-state index in [9.17, 15) is 0 Å². The quantitative estimate of drug-likeness (QED) is 0.679. The highest BCUT2D eigenvalue weighted by Crippen LogP contribution is 2.13. The Kier molecular flexibility index (Phi) is 4.47. The van der Waals surface area contributed by atoms with Gasteiger partial charge in [0.25, 0.3) is 0 Å². The Bertz CT molecular complexity index is 772. The molecule has 0 aliphatic rings. The maximum atomic E-state index is 5.77. The molecule has 0 spiro atoms. The van der Waals surface area contributed by atoms with Crippen molar-refractivity contribution in [1.82, 2.24) is 14.9 Å². The Hall–Kier alpha value is -2.95. The summed E-state index contributed by atoms with van der Waals surface area (Å²) in [6.07, 6.45) is 1.78. The molecule has 0 unspecified atom stereocenters. The van der Waals surface area contributed by atoms with Gasteiger partial charge in [0.15, 0.2) is 11.6 Å². The minimum atomic E-state index is 0.563. The van der Waals surface area contributed by atoms with Gasteiger partial charge in [-0.05, 0) is 49.2 Å². The molecule has 23 heavy (non-hydrogen) atoms. The van der Waals surface area contributed by atoms with Crippen LogP contribution >= 0.6 is 0 Å². The summed E-state index contributed by atoms with van der Waals surface area (Å²) in [6.45, 7) is 4.31. The first-order valence-electron chi connectivity index (χ1n) is 7.42. The second-order valence-electron chi connectivity index (χ2n) is 5.19. The highest BCUT2D eigenvalue weighted by molar-refractivity contribution is 5.79. The first-order valence-corrected chi connectivity index (χ1v) is 7.42. The van der Waals surface area contributed by atoms with Crippen molar-refractivity contribution < 1.29 is 4.74 Å². The molecule has 116 valence electrons. The van der Waals surface area contributed by atoms with E-state index < -0.39 is 0 Å². The Balaban J connectivity index is 1.63. The summed E-state index contributed by atoms with van der Waals surface area (Å²) in [5, 5.41) is 12.3. The number of nitrogens with zero attached hydrogens (tertiary/aromatic N) is 4. The zero-order valence-corrected chi connectivity index (χ0v) is 13.2. The Morgan fingerprint density at radius 2 is 1.61 bits per heavy atom. The van der Waals surface area contributed by atoms with Crippen molar-refractivity contribution >= 4 is 6.21 Å². The second-order valence-corrected chi connectivity index (χ2v) is 5.19. The first kappa shape index (κ1) is 15.0. The topological polar surface area (TPSA) is 52.3 Å². The molecule has 0 aliphatic carbocycles. The first-order chi connectivity index (χ1) is 11.2. The van der Waals surface area contributed by atoms with Gasteiger partial charge in [0.05, 0.1) is 6.21 Å². The summed E-state index contributed by atoms with van der Waals surface area (Å²) in [5.41, 5.74) is 2.14. The largest absolute Gasteiger partial charge is 0.489 e. The summed E-state index contributed by atoms with van der Waals surface area (Å²) >= 11 is 0. The van der Waals surface area contributed by atoms with Gasteiger partial charge in [-0.25, -0.2) is 4.68 Å². The molecule has 0 saturated heterocycles. The van der Waals surface area contributed by atoms with Gasteiger partial charge in [-0.2, -0.15) is 5.10 Å². The van der Waals surface area contributed by atoms with Crippen LogP contribution in [0.2, 0.25) is 0 Å². The van der Waals surface area contributed by atoms with E-state index in [-0.39, 0.29) is 0 Å². The molecule has 0 bridgehead atoms. The lowest BCUT2D eigenvalue weighted by Gasteiger charge is -2.06. The van der Waals surface area contributed by atoms with Gasteiger partial charge in [-0.1, -0.05) is 30.3 Å². The molecular formula is C18H18N4O. The molecule has 5 heteroatoms. The second kappa shape index (κ2) is 6.87. The number of ether oxygens (including phenoxy) is 1. The van der Waals surface area contributed by atoms with Crippen LogP contribution in [0, 0.1) is 13.8 Å². The van der Waals surface area contributed by atoms with Crippen molar-refractivity contribution in [3.8, 4) is 5.75 Å². The van der Waals surface area contributed by atoms with E-state index in [1.165, 1.54) is 0 Å². The zero-order valence-electron chi connectivity index (χ0n) is 13.2. The van der Waals surface area contributed by atoms with Gasteiger partial charge < -0.3 is 4.74 Å². The molecule has 0 fully saturated rings. The average Bonchev–Trinajstić information content (AvgIpc) is 2.91. The van der Waals surface area contributed by atoms with Crippen LogP contribution in [0.15, 0.2) is 59.7 Å². The van der Waals surface area contributed by atoms with E-state index in [2.05, 4.69) is 15.3 Å². The molecule has 0 N–H and O–H groups in total. The lowest BCUT2D eigenvalue weighted by Crippen LogP contribution is -1.97. The van der Waals surface area contributed by atoms with Crippen LogP contribution in [-0.2, 0) is 6.61 Å². The fraction of sp³-hybridized carbons (Fsp3) is 0.167. The summed E-state index contributed by atoms with van der Waals surface area (Å²) in [4.78, 5) is 0. The van der Waals surface area contributed by atoms with Crippen molar-refractivity contribution in [2.75, 3.05) is 0 Å². The van der Waals surface area contributed by atoms with Crippen molar-refractivity contribution in [3.05, 3.63) is 77.4 Å². The molecule has 0 aliphatic heterocycles. The molecule has 2 aromatic carbocycles. The van der Waals surface area contributed by atoms with Gasteiger partial charge in [0, 0.05) is 0 Å².